The Bertz CT molecular complexity index is 1240. The second-order valence-electron chi connectivity index (χ2n) is 8.46. The van der Waals surface area contributed by atoms with Crippen LogP contribution in [-0.2, 0) is 11.3 Å². The minimum Gasteiger partial charge on any atom is -0.353 e. The van der Waals surface area contributed by atoms with Crippen molar-refractivity contribution in [3.63, 3.8) is 0 Å². The number of carbonyl (C=O) groups excluding carboxylic acids is 1. The molecular formula is C26H30FN7O2. The van der Waals surface area contributed by atoms with Crippen molar-refractivity contribution >= 4 is 29.6 Å². The molecule has 0 aliphatic carbocycles. The second kappa shape index (κ2) is 12.1. The summed E-state index contributed by atoms with van der Waals surface area (Å²) in [6.45, 7) is 6.97. The smallest absolute Gasteiger partial charge is 0.225 e. The van der Waals surface area contributed by atoms with Crippen LogP contribution in [0.1, 0.15) is 16.7 Å². The Labute approximate surface area is 210 Å². The predicted molar refractivity (Wildman–Crippen MR) is 141 cm³/mol. The summed E-state index contributed by atoms with van der Waals surface area (Å²) in [6, 6.07) is 11.7. The van der Waals surface area contributed by atoms with Crippen LogP contribution in [-0.4, -0.2) is 55.5 Å². The van der Waals surface area contributed by atoms with Gasteiger partial charge in [-0.25, -0.2) is 9.37 Å². The fourth-order valence-electron chi connectivity index (χ4n) is 3.76. The maximum absolute atomic E-state index is 15.0. The van der Waals surface area contributed by atoms with Crippen LogP contribution < -0.4 is 15.5 Å². The summed E-state index contributed by atoms with van der Waals surface area (Å²) in [5.74, 6) is -0.0296. The first-order chi connectivity index (χ1) is 17.3. The number of aromatic nitrogens is 2. The molecule has 1 amide bonds. The third kappa shape index (κ3) is 5.96. The Morgan fingerprint density at radius 2 is 1.94 bits per heavy atom. The molecule has 0 aliphatic heterocycles. The Balaban J connectivity index is 2.28. The largest absolute Gasteiger partial charge is 0.353 e. The highest BCUT2D eigenvalue weighted by Gasteiger charge is 2.24. The molecule has 0 atom stereocenters. The van der Waals surface area contributed by atoms with E-state index in [1.807, 2.05) is 25.1 Å². The van der Waals surface area contributed by atoms with Gasteiger partial charge in [0.1, 0.15) is 17.3 Å². The van der Waals surface area contributed by atoms with E-state index in [4.69, 9.17) is 4.98 Å². The van der Waals surface area contributed by atoms with Gasteiger partial charge in [-0.05, 0) is 50.9 Å². The number of nitrogens with one attached hydrogen (secondary N) is 2. The second-order valence-corrected chi connectivity index (χ2v) is 8.46. The van der Waals surface area contributed by atoms with Crippen LogP contribution in [0.25, 0.3) is 17.0 Å². The molecule has 1 heterocycles. The number of amides is 1. The highest BCUT2D eigenvalue weighted by molar-refractivity contribution is 5.90. The van der Waals surface area contributed by atoms with Gasteiger partial charge < -0.3 is 15.5 Å². The molecule has 1 aromatic heterocycles. The zero-order valence-corrected chi connectivity index (χ0v) is 20.9. The molecule has 36 heavy (non-hydrogen) atoms. The van der Waals surface area contributed by atoms with E-state index in [9.17, 15) is 14.1 Å². The third-order valence-electron chi connectivity index (χ3n) is 5.52. The SMILES string of the molecule is C=C(N=O)c1cccc(-c2nc(NCCN(C)C)nc(N(C=O)c3c(C)cccc3F)c2CNC)c1. The van der Waals surface area contributed by atoms with E-state index in [-0.39, 0.29) is 29.7 Å². The van der Waals surface area contributed by atoms with Gasteiger partial charge in [0.05, 0.1) is 11.4 Å². The normalized spacial score (nSPS) is 10.8. The first-order valence-corrected chi connectivity index (χ1v) is 11.4. The number of hydrogen-bond donors (Lipinski definition) is 2. The topological polar surface area (TPSA) is 103 Å². The molecular weight excluding hydrogens is 461 g/mol. The Morgan fingerprint density at radius 1 is 1.19 bits per heavy atom. The maximum atomic E-state index is 15.0. The summed E-state index contributed by atoms with van der Waals surface area (Å²) >= 11 is 0. The van der Waals surface area contributed by atoms with Crippen molar-refractivity contribution in [2.75, 3.05) is 44.4 Å². The summed E-state index contributed by atoms with van der Waals surface area (Å²) < 4.78 is 15.0. The van der Waals surface area contributed by atoms with E-state index >= 15 is 0 Å². The van der Waals surface area contributed by atoms with Gasteiger partial charge in [0.2, 0.25) is 12.4 Å². The first-order valence-electron chi connectivity index (χ1n) is 11.4. The summed E-state index contributed by atoms with van der Waals surface area (Å²) in [7, 11) is 5.65. The van der Waals surface area contributed by atoms with E-state index < -0.39 is 5.82 Å². The van der Waals surface area contributed by atoms with Gasteiger partial charge >= 0.3 is 0 Å². The van der Waals surface area contributed by atoms with E-state index in [0.29, 0.717) is 40.9 Å². The van der Waals surface area contributed by atoms with E-state index in [2.05, 4.69) is 27.4 Å². The fourth-order valence-corrected chi connectivity index (χ4v) is 3.76. The molecule has 188 valence electrons. The van der Waals surface area contributed by atoms with Crippen LogP contribution in [0.3, 0.4) is 0 Å². The first kappa shape index (κ1) is 26.6. The van der Waals surface area contributed by atoms with Gasteiger partial charge in [0.15, 0.2) is 0 Å². The number of benzene rings is 2. The van der Waals surface area contributed by atoms with Crippen molar-refractivity contribution in [3.8, 4) is 11.3 Å². The molecule has 0 aliphatic rings. The van der Waals surface area contributed by atoms with Crippen LogP contribution in [0.5, 0.6) is 0 Å². The monoisotopic (exact) mass is 491 g/mol. The van der Waals surface area contributed by atoms with Crippen LogP contribution in [0.15, 0.2) is 54.2 Å². The quantitative estimate of drug-likeness (QED) is 0.287. The Hall–Kier alpha value is -4.02. The minimum atomic E-state index is -0.546. The summed E-state index contributed by atoms with van der Waals surface area (Å²) in [5.41, 5.74) is 3.07. The molecule has 10 heteroatoms. The number of halogens is 1. The van der Waals surface area contributed by atoms with Gasteiger partial charge in [-0.15, -0.1) is 4.91 Å². The van der Waals surface area contributed by atoms with Crippen molar-refractivity contribution in [1.82, 2.24) is 20.2 Å². The number of rotatable bonds is 12. The van der Waals surface area contributed by atoms with Gasteiger partial charge in [-0.1, -0.05) is 36.9 Å². The molecule has 0 unspecified atom stereocenters. The highest BCUT2D eigenvalue weighted by Crippen LogP contribution is 2.36. The Morgan fingerprint density at radius 3 is 2.58 bits per heavy atom. The number of nitrogens with zero attached hydrogens (tertiary/aromatic N) is 5. The fraction of sp³-hybridized carbons (Fsp3) is 0.269. The molecule has 0 fully saturated rings. The number of likely N-dealkylation sites (N-methyl/N-ethyl adjacent to an activating group) is 1. The number of hydrogen-bond acceptors (Lipinski definition) is 8. The zero-order valence-electron chi connectivity index (χ0n) is 20.9. The minimum absolute atomic E-state index is 0.0853. The van der Waals surface area contributed by atoms with Crippen molar-refractivity contribution in [1.29, 1.82) is 0 Å². The lowest BCUT2D eigenvalue weighted by Crippen LogP contribution is -2.25. The van der Waals surface area contributed by atoms with Crippen LogP contribution in [0, 0.1) is 17.6 Å². The lowest BCUT2D eigenvalue weighted by Gasteiger charge is -2.24. The third-order valence-corrected chi connectivity index (χ3v) is 5.52. The molecule has 2 N–H and O–H groups in total. The van der Waals surface area contributed by atoms with Gasteiger partial charge in [-0.3, -0.25) is 9.69 Å². The Kier molecular flexibility index (Phi) is 8.93. The molecule has 2 aromatic carbocycles. The predicted octanol–water partition coefficient (Wildman–Crippen LogP) is 4.32. The summed E-state index contributed by atoms with van der Waals surface area (Å²) in [5, 5.41) is 9.23. The van der Waals surface area contributed by atoms with Crippen LogP contribution in [0.2, 0.25) is 0 Å². The average Bonchev–Trinajstić information content (AvgIpc) is 2.86. The molecule has 0 saturated carbocycles. The molecule has 0 radical (unpaired) electrons. The van der Waals surface area contributed by atoms with Crippen molar-refractivity contribution in [2.24, 2.45) is 5.18 Å². The molecule has 3 rings (SSSR count). The zero-order chi connectivity index (χ0) is 26.2. The highest BCUT2D eigenvalue weighted by atomic mass is 19.1. The molecule has 9 nitrogen and oxygen atoms in total. The number of aryl methyl sites for hydroxylation is 1. The maximum Gasteiger partial charge on any atom is 0.225 e. The van der Waals surface area contributed by atoms with E-state index in [0.717, 1.165) is 6.54 Å². The molecule has 0 spiro atoms. The van der Waals surface area contributed by atoms with E-state index in [1.54, 1.807) is 44.3 Å². The van der Waals surface area contributed by atoms with E-state index in [1.165, 1.54) is 11.0 Å². The van der Waals surface area contributed by atoms with Gasteiger partial charge in [0.25, 0.3) is 0 Å². The van der Waals surface area contributed by atoms with Crippen LogP contribution >= 0.6 is 0 Å². The van der Waals surface area contributed by atoms with Gasteiger partial charge in [0, 0.05) is 36.3 Å². The lowest BCUT2D eigenvalue weighted by atomic mass is 10.0. The number of nitroso groups, excluding NO2 is 1. The molecule has 3 aromatic rings. The molecule has 0 bridgehead atoms. The standard InChI is InChI=1S/C26H30FN7O2/c1-17-8-6-11-22(27)24(17)34(16-35)25-21(15-28-3)23(30-26(31-25)29-12-13-33(4)5)20-10-7-9-19(14-20)18(2)32-36/h6-11,14,16,28H,2,12-13,15H2,1,3-5H3,(H,29,30,31). The van der Waals surface area contributed by atoms with Crippen molar-refractivity contribution in [3.05, 3.63) is 76.5 Å². The van der Waals surface area contributed by atoms with Crippen molar-refractivity contribution < 1.29 is 9.18 Å². The summed E-state index contributed by atoms with van der Waals surface area (Å²) in [6.07, 6.45) is 0.550. The summed E-state index contributed by atoms with van der Waals surface area (Å²) in [4.78, 5) is 36.1. The average molecular weight is 492 g/mol. The number of anilines is 3. The van der Waals surface area contributed by atoms with Crippen molar-refractivity contribution in [2.45, 2.75) is 13.5 Å². The number of carbonyl (C=O) groups is 1. The lowest BCUT2D eigenvalue weighted by molar-refractivity contribution is -0.106. The number of para-hydroxylation sites is 1. The van der Waals surface area contributed by atoms with Gasteiger partial charge in [-0.2, -0.15) is 4.98 Å². The molecule has 0 saturated heterocycles. The van der Waals surface area contributed by atoms with Crippen LogP contribution in [0.4, 0.5) is 21.8 Å².